The van der Waals surface area contributed by atoms with Crippen molar-refractivity contribution in [1.29, 1.82) is 0 Å². The van der Waals surface area contributed by atoms with E-state index in [-0.39, 0.29) is 5.82 Å². The average molecular weight is 382 g/mol. The Morgan fingerprint density at radius 1 is 1.39 bits per heavy atom. The first kappa shape index (κ1) is 17.5. The lowest BCUT2D eigenvalue weighted by Gasteiger charge is -2.11. The quantitative estimate of drug-likeness (QED) is 0.440. The van der Waals surface area contributed by atoms with Crippen LogP contribution in [0.3, 0.4) is 0 Å². The summed E-state index contributed by atoms with van der Waals surface area (Å²) in [4.78, 5) is 4.43. The van der Waals surface area contributed by atoms with Crippen molar-refractivity contribution < 1.29 is 4.39 Å². The monoisotopic (exact) mass is 381 g/mol. The van der Waals surface area contributed by atoms with Gasteiger partial charge in [0.25, 0.3) is 0 Å². The first-order chi connectivity index (χ1) is 11.2. The van der Waals surface area contributed by atoms with Crippen molar-refractivity contribution in [2.45, 2.75) is 26.4 Å². The van der Waals surface area contributed by atoms with Crippen LogP contribution in [0.1, 0.15) is 18.9 Å². The number of halogens is 2. The van der Waals surface area contributed by atoms with Crippen LogP contribution in [0.15, 0.2) is 46.1 Å². The smallest absolute Gasteiger partial charge is 0.191 e. The Bertz CT molecular complexity index is 627. The summed E-state index contributed by atoms with van der Waals surface area (Å²) >= 11 is 3.25. The third-order valence-electron chi connectivity index (χ3n) is 3.18. The summed E-state index contributed by atoms with van der Waals surface area (Å²) in [5, 5.41) is 10.6. The lowest BCUT2D eigenvalue weighted by molar-refractivity contribution is 0.570. The van der Waals surface area contributed by atoms with E-state index in [1.165, 1.54) is 6.07 Å². The van der Waals surface area contributed by atoms with Crippen LogP contribution in [0.2, 0.25) is 0 Å². The number of nitrogens with one attached hydrogen (secondary N) is 2. The van der Waals surface area contributed by atoms with E-state index in [2.05, 4.69) is 36.7 Å². The second kappa shape index (κ2) is 9.29. The van der Waals surface area contributed by atoms with Gasteiger partial charge >= 0.3 is 0 Å². The summed E-state index contributed by atoms with van der Waals surface area (Å²) in [6, 6.07) is 6.92. The molecule has 0 fully saturated rings. The number of hydrogen-bond acceptors (Lipinski definition) is 2. The molecular weight excluding hydrogens is 361 g/mol. The fourth-order valence-electron chi connectivity index (χ4n) is 2.04. The van der Waals surface area contributed by atoms with Crippen LogP contribution in [0, 0.1) is 5.82 Å². The van der Waals surface area contributed by atoms with Gasteiger partial charge < -0.3 is 10.6 Å². The first-order valence-electron chi connectivity index (χ1n) is 7.62. The third kappa shape index (κ3) is 6.02. The molecule has 0 spiro atoms. The molecule has 1 aromatic heterocycles. The van der Waals surface area contributed by atoms with Crippen LogP contribution in [0.5, 0.6) is 0 Å². The van der Waals surface area contributed by atoms with Crippen molar-refractivity contribution in [2.75, 3.05) is 13.1 Å². The summed E-state index contributed by atoms with van der Waals surface area (Å²) in [5.41, 5.74) is 0.571. The van der Waals surface area contributed by atoms with Crippen molar-refractivity contribution >= 4 is 21.9 Å². The molecule has 124 valence electrons. The molecule has 0 radical (unpaired) electrons. The number of aromatic nitrogens is 2. The largest absolute Gasteiger partial charge is 0.357 e. The maximum atomic E-state index is 13.8. The molecule has 0 aliphatic rings. The highest BCUT2D eigenvalue weighted by molar-refractivity contribution is 9.10. The molecule has 0 atom stereocenters. The Labute approximate surface area is 144 Å². The van der Waals surface area contributed by atoms with Crippen molar-refractivity contribution in [3.05, 3.63) is 52.5 Å². The zero-order chi connectivity index (χ0) is 16.5. The van der Waals surface area contributed by atoms with E-state index in [0.717, 1.165) is 30.5 Å². The molecule has 0 saturated carbocycles. The Kier molecular flexibility index (Phi) is 7.06. The summed E-state index contributed by atoms with van der Waals surface area (Å²) in [5.74, 6) is 0.438. The van der Waals surface area contributed by atoms with Crippen LogP contribution in [0.25, 0.3) is 0 Å². The number of nitrogens with zero attached hydrogens (tertiary/aromatic N) is 3. The Morgan fingerprint density at radius 3 is 2.96 bits per heavy atom. The summed E-state index contributed by atoms with van der Waals surface area (Å²) in [7, 11) is 0. The van der Waals surface area contributed by atoms with Gasteiger partial charge in [-0.2, -0.15) is 5.10 Å². The van der Waals surface area contributed by atoms with Gasteiger partial charge in [0.05, 0.1) is 6.54 Å². The van der Waals surface area contributed by atoms with Crippen molar-refractivity contribution in [1.82, 2.24) is 20.4 Å². The molecule has 1 aromatic carbocycles. The van der Waals surface area contributed by atoms with Gasteiger partial charge in [-0.1, -0.05) is 22.0 Å². The number of aliphatic imine (C=N–C) groups is 1. The predicted molar refractivity (Wildman–Crippen MR) is 93.8 cm³/mol. The number of hydrogen-bond donors (Lipinski definition) is 2. The highest BCUT2D eigenvalue weighted by Crippen LogP contribution is 2.15. The predicted octanol–water partition coefficient (Wildman–Crippen LogP) is 2.93. The molecule has 5 nitrogen and oxygen atoms in total. The van der Waals surface area contributed by atoms with E-state index >= 15 is 0 Å². The molecule has 0 amide bonds. The molecule has 0 bridgehead atoms. The summed E-state index contributed by atoms with van der Waals surface area (Å²) < 4.78 is 16.4. The van der Waals surface area contributed by atoms with Gasteiger partial charge in [-0.05, 0) is 31.5 Å². The third-order valence-corrected chi connectivity index (χ3v) is 3.68. The molecule has 2 N–H and O–H groups in total. The molecule has 23 heavy (non-hydrogen) atoms. The van der Waals surface area contributed by atoms with E-state index < -0.39 is 0 Å². The van der Waals surface area contributed by atoms with Gasteiger partial charge in [-0.25, -0.2) is 9.38 Å². The van der Waals surface area contributed by atoms with Crippen molar-refractivity contribution in [2.24, 2.45) is 4.99 Å². The van der Waals surface area contributed by atoms with Crippen molar-refractivity contribution in [3.8, 4) is 0 Å². The minimum absolute atomic E-state index is 0.252. The number of rotatable bonds is 7. The minimum Gasteiger partial charge on any atom is -0.357 e. The second-order valence-corrected chi connectivity index (χ2v) is 5.90. The van der Waals surface area contributed by atoms with Crippen LogP contribution < -0.4 is 10.6 Å². The van der Waals surface area contributed by atoms with Gasteiger partial charge in [0, 0.05) is 42.1 Å². The highest BCUT2D eigenvalue weighted by atomic mass is 79.9. The van der Waals surface area contributed by atoms with Crippen LogP contribution in [0.4, 0.5) is 4.39 Å². The van der Waals surface area contributed by atoms with E-state index in [0.29, 0.717) is 18.1 Å². The zero-order valence-corrected chi connectivity index (χ0v) is 14.7. The molecule has 1 heterocycles. The fourth-order valence-corrected chi connectivity index (χ4v) is 2.37. The van der Waals surface area contributed by atoms with E-state index in [1.807, 2.05) is 29.9 Å². The molecular formula is C16H21BrFN5. The van der Waals surface area contributed by atoms with Gasteiger partial charge in [-0.15, -0.1) is 0 Å². The molecule has 0 aliphatic carbocycles. The number of benzene rings is 1. The lowest BCUT2D eigenvalue weighted by atomic mass is 10.2. The maximum Gasteiger partial charge on any atom is 0.191 e. The maximum absolute atomic E-state index is 13.8. The Morgan fingerprint density at radius 2 is 2.26 bits per heavy atom. The second-order valence-electron chi connectivity index (χ2n) is 4.98. The number of aryl methyl sites for hydroxylation is 1. The lowest BCUT2D eigenvalue weighted by Crippen LogP contribution is -2.38. The fraction of sp³-hybridized carbons (Fsp3) is 0.375. The first-order valence-corrected chi connectivity index (χ1v) is 8.42. The van der Waals surface area contributed by atoms with Gasteiger partial charge in [0.15, 0.2) is 5.96 Å². The van der Waals surface area contributed by atoms with Crippen molar-refractivity contribution in [3.63, 3.8) is 0 Å². The minimum atomic E-state index is -0.252. The Balaban J connectivity index is 1.84. The SMILES string of the molecule is CCNC(=NCc1ccc(Br)cc1F)NCCCn1cccn1. The Hall–Kier alpha value is -1.89. The average Bonchev–Trinajstić information content (AvgIpc) is 3.03. The van der Waals surface area contributed by atoms with E-state index in [1.54, 1.807) is 12.3 Å². The normalized spacial score (nSPS) is 11.5. The van der Waals surface area contributed by atoms with Gasteiger partial charge in [0.1, 0.15) is 5.82 Å². The van der Waals surface area contributed by atoms with Crippen LogP contribution in [-0.2, 0) is 13.1 Å². The summed E-state index contributed by atoms with van der Waals surface area (Å²) in [6.45, 7) is 4.68. The number of guanidine groups is 1. The molecule has 0 aliphatic heterocycles. The summed E-state index contributed by atoms with van der Waals surface area (Å²) in [6.07, 6.45) is 4.64. The molecule has 0 unspecified atom stereocenters. The van der Waals surface area contributed by atoms with Crippen LogP contribution in [-0.4, -0.2) is 28.8 Å². The molecule has 0 saturated heterocycles. The van der Waals surface area contributed by atoms with Gasteiger partial charge in [0.2, 0.25) is 0 Å². The van der Waals surface area contributed by atoms with E-state index in [9.17, 15) is 4.39 Å². The van der Waals surface area contributed by atoms with Crippen LogP contribution >= 0.6 is 15.9 Å². The zero-order valence-electron chi connectivity index (χ0n) is 13.1. The molecule has 7 heteroatoms. The highest BCUT2D eigenvalue weighted by Gasteiger charge is 2.03. The standard InChI is InChI=1S/C16H21BrFN5/c1-2-19-16(20-7-3-9-23-10-4-8-22-23)21-12-13-5-6-14(17)11-15(13)18/h4-6,8,10-11H,2-3,7,9,12H2,1H3,(H2,19,20,21). The van der Waals surface area contributed by atoms with E-state index in [4.69, 9.17) is 0 Å². The molecule has 2 rings (SSSR count). The van der Waals surface area contributed by atoms with Gasteiger partial charge in [-0.3, -0.25) is 4.68 Å². The molecule has 2 aromatic rings. The topological polar surface area (TPSA) is 54.2 Å².